The highest BCUT2D eigenvalue weighted by Crippen LogP contribution is 2.29. The van der Waals surface area contributed by atoms with Gasteiger partial charge in [-0.3, -0.25) is 9.48 Å². The zero-order valence-corrected chi connectivity index (χ0v) is 13.3. The molecule has 1 N–H and O–H groups in total. The molecule has 130 valence electrons. The van der Waals surface area contributed by atoms with Crippen LogP contribution in [0.15, 0.2) is 6.07 Å². The van der Waals surface area contributed by atoms with Gasteiger partial charge >= 0.3 is 6.18 Å². The first-order valence-corrected chi connectivity index (χ1v) is 7.36. The Kier molecular flexibility index (Phi) is 5.00. The average molecular weight is 334 g/mol. The minimum Gasteiger partial charge on any atom is -0.391 e. The fourth-order valence-corrected chi connectivity index (χ4v) is 2.88. The molecule has 23 heavy (non-hydrogen) atoms. The number of alkyl halides is 3. The average Bonchev–Trinajstić information content (AvgIpc) is 2.72. The number of likely N-dealkylation sites (tertiary alicyclic amines) is 1. The highest BCUT2D eigenvalue weighted by molar-refractivity contribution is 5.92. The number of aliphatic hydroxyl groups is 1. The number of rotatable bonds is 2. The van der Waals surface area contributed by atoms with Gasteiger partial charge in [-0.1, -0.05) is 0 Å². The van der Waals surface area contributed by atoms with Crippen molar-refractivity contribution in [1.29, 1.82) is 0 Å². The molecule has 0 radical (unpaired) electrons. The van der Waals surface area contributed by atoms with Crippen LogP contribution >= 0.6 is 0 Å². The van der Waals surface area contributed by atoms with Crippen LogP contribution in [0.25, 0.3) is 0 Å². The Morgan fingerprint density at radius 3 is 2.48 bits per heavy atom. The Hall–Kier alpha value is -1.61. The number of nitrogens with zero attached hydrogens (tertiary/aromatic N) is 4. The van der Waals surface area contributed by atoms with Crippen molar-refractivity contribution >= 4 is 5.91 Å². The molecular weight excluding hydrogens is 313 g/mol. The number of hydrogen-bond donors (Lipinski definition) is 1. The zero-order valence-electron chi connectivity index (χ0n) is 13.3. The minimum atomic E-state index is -4.55. The van der Waals surface area contributed by atoms with Crippen molar-refractivity contribution in [3.05, 3.63) is 17.5 Å². The lowest BCUT2D eigenvalue weighted by molar-refractivity contribution is -0.143. The van der Waals surface area contributed by atoms with Crippen LogP contribution < -0.4 is 0 Å². The van der Waals surface area contributed by atoms with Crippen LogP contribution in [0.2, 0.25) is 0 Å². The Morgan fingerprint density at radius 2 is 1.96 bits per heavy atom. The fourth-order valence-electron chi connectivity index (χ4n) is 2.88. The topological polar surface area (TPSA) is 61.6 Å². The van der Waals surface area contributed by atoms with E-state index in [2.05, 4.69) is 5.10 Å². The van der Waals surface area contributed by atoms with Gasteiger partial charge in [-0.2, -0.15) is 18.3 Å². The third kappa shape index (κ3) is 3.84. The lowest BCUT2D eigenvalue weighted by Crippen LogP contribution is -2.38. The molecule has 0 spiro atoms. The van der Waals surface area contributed by atoms with Gasteiger partial charge < -0.3 is 14.9 Å². The minimum absolute atomic E-state index is 0.0812. The molecule has 1 fully saturated rings. The van der Waals surface area contributed by atoms with E-state index in [1.807, 2.05) is 19.0 Å². The van der Waals surface area contributed by atoms with Crippen LogP contribution in [0.4, 0.5) is 13.2 Å². The van der Waals surface area contributed by atoms with Crippen molar-refractivity contribution in [1.82, 2.24) is 19.6 Å². The second kappa shape index (κ2) is 6.48. The molecule has 9 heteroatoms. The second-order valence-corrected chi connectivity index (χ2v) is 6.00. The summed E-state index contributed by atoms with van der Waals surface area (Å²) in [6, 6.07) is 0.690. The van der Waals surface area contributed by atoms with Crippen LogP contribution in [0, 0.1) is 0 Å². The summed E-state index contributed by atoms with van der Waals surface area (Å²) < 4.78 is 39.1. The number of carbonyl (C=O) groups excluding carboxylic acids is 1. The Morgan fingerprint density at radius 1 is 1.35 bits per heavy atom. The lowest BCUT2D eigenvalue weighted by Gasteiger charge is -2.26. The van der Waals surface area contributed by atoms with E-state index >= 15 is 0 Å². The van der Waals surface area contributed by atoms with Gasteiger partial charge in [-0.05, 0) is 26.9 Å². The second-order valence-electron chi connectivity index (χ2n) is 6.00. The van der Waals surface area contributed by atoms with Gasteiger partial charge in [0, 0.05) is 32.2 Å². The monoisotopic (exact) mass is 334 g/mol. The lowest BCUT2D eigenvalue weighted by atomic mass is 10.1. The summed E-state index contributed by atoms with van der Waals surface area (Å²) in [5, 5.41) is 13.8. The fraction of sp³-hybridized carbons (Fsp3) is 0.714. The highest BCUT2D eigenvalue weighted by atomic mass is 19.4. The number of aryl methyl sites for hydroxylation is 1. The molecule has 2 atom stereocenters. The molecule has 0 bridgehead atoms. The molecule has 0 saturated carbocycles. The molecule has 1 aliphatic heterocycles. The van der Waals surface area contributed by atoms with Gasteiger partial charge in [0.05, 0.1) is 6.10 Å². The van der Waals surface area contributed by atoms with Crippen LogP contribution in [-0.4, -0.2) is 69.9 Å². The summed E-state index contributed by atoms with van der Waals surface area (Å²) in [5.74, 6) is -0.539. The van der Waals surface area contributed by atoms with E-state index in [1.165, 1.54) is 4.90 Å². The highest BCUT2D eigenvalue weighted by Gasteiger charge is 2.37. The van der Waals surface area contributed by atoms with Crippen molar-refractivity contribution in [2.75, 3.05) is 27.2 Å². The molecule has 2 heterocycles. The van der Waals surface area contributed by atoms with E-state index in [0.29, 0.717) is 30.6 Å². The van der Waals surface area contributed by atoms with E-state index in [-0.39, 0.29) is 11.7 Å². The summed E-state index contributed by atoms with van der Waals surface area (Å²) in [6.07, 6.45) is -4.19. The summed E-state index contributed by atoms with van der Waals surface area (Å²) >= 11 is 0. The molecule has 1 aromatic heterocycles. The number of aliphatic hydroxyl groups excluding tert-OH is 1. The summed E-state index contributed by atoms with van der Waals surface area (Å²) in [4.78, 5) is 15.8. The predicted octanol–water partition coefficient (Wildman–Crippen LogP) is 0.966. The van der Waals surface area contributed by atoms with Crippen molar-refractivity contribution < 1.29 is 23.1 Å². The van der Waals surface area contributed by atoms with E-state index in [0.717, 1.165) is 13.1 Å². The number of likely N-dealkylation sites (N-methyl/N-ethyl adjacent to an activating group) is 1. The molecule has 1 aromatic rings. The first-order chi connectivity index (χ1) is 10.6. The third-order valence-electron chi connectivity index (χ3n) is 4.17. The van der Waals surface area contributed by atoms with Crippen LogP contribution in [-0.2, 0) is 13.2 Å². The summed E-state index contributed by atoms with van der Waals surface area (Å²) in [5.41, 5.74) is -1.18. The Bertz CT molecular complexity index is 571. The van der Waals surface area contributed by atoms with Crippen molar-refractivity contribution in [2.24, 2.45) is 7.05 Å². The molecule has 0 aromatic carbocycles. The molecule has 0 aliphatic carbocycles. The van der Waals surface area contributed by atoms with Crippen molar-refractivity contribution in [3.63, 3.8) is 0 Å². The zero-order chi connectivity index (χ0) is 17.4. The van der Waals surface area contributed by atoms with Gasteiger partial charge in [0.2, 0.25) is 0 Å². The predicted molar refractivity (Wildman–Crippen MR) is 76.8 cm³/mol. The molecule has 1 saturated heterocycles. The maximum atomic E-state index is 12.8. The third-order valence-corrected chi connectivity index (χ3v) is 4.17. The number of hydrogen-bond acceptors (Lipinski definition) is 4. The molecule has 0 unspecified atom stereocenters. The van der Waals surface area contributed by atoms with Gasteiger partial charge in [0.25, 0.3) is 5.91 Å². The maximum absolute atomic E-state index is 12.8. The van der Waals surface area contributed by atoms with E-state index in [4.69, 9.17) is 0 Å². The first-order valence-electron chi connectivity index (χ1n) is 7.36. The molecule has 1 aliphatic rings. The quantitative estimate of drug-likeness (QED) is 0.875. The Labute approximate surface area is 132 Å². The molecule has 1 amide bonds. The molecule has 6 nitrogen and oxygen atoms in total. The SMILES string of the molecule is CN(C)[C@H]1CCN(C(=O)c2cc(C(F)(F)F)n(C)n2)CC[C@@H]1O. The van der Waals surface area contributed by atoms with Crippen LogP contribution in [0.1, 0.15) is 29.0 Å². The Balaban J connectivity index is 2.15. The summed E-state index contributed by atoms with van der Waals surface area (Å²) in [6.45, 7) is 0.666. The van der Waals surface area contributed by atoms with Gasteiger partial charge in [-0.15, -0.1) is 0 Å². The van der Waals surface area contributed by atoms with Crippen LogP contribution in [0.5, 0.6) is 0 Å². The van der Waals surface area contributed by atoms with Gasteiger partial charge in [0.1, 0.15) is 5.69 Å². The summed E-state index contributed by atoms with van der Waals surface area (Å²) in [7, 11) is 4.85. The van der Waals surface area contributed by atoms with Crippen molar-refractivity contribution in [2.45, 2.75) is 31.2 Å². The van der Waals surface area contributed by atoms with E-state index < -0.39 is 23.9 Å². The maximum Gasteiger partial charge on any atom is 0.433 e. The largest absolute Gasteiger partial charge is 0.433 e. The molecular formula is C14H21F3N4O2. The van der Waals surface area contributed by atoms with Gasteiger partial charge in [-0.25, -0.2) is 0 Å². The van der Waals surface area contributed by atoms with Crippen LogP contribution in [0.3, 0.4) is 0 Å². The first kappa shape index (κ1) is 17.7. The normalized spacial score (nSPS) is 23.2. The van der Waals surface area contributed by atoms with Gasteiger partial charge in [0.15, 0.2) is 5.69 Å². The number of amides is 1. The smallest absolute Gasteiger partial charge is 0.391 e. The standard InChI is InChI=1S/C14H21F3N4O2/c1-19(2)10-4-6-21(7-5-11(10)22)13(23)9-8-12(14(15,16)17)20(3)18-9/h8,10-11,22H,4-7H2,1-3H3/t10-,11-/m0/s1. The molecule has 2 rings (SSSR count). The van der Waals surface area contributed by atoms with E-state index in [9.17, 15) is 23.1 Å². The number of carbonyl (C=O) groups is 1. The van der Waals surface area contributed by atoms with E-state index in [1.54, 1.807) is 0 Å². The van der Waals surface area contributed by atoms with Crippen molar-refractivity contribution in [3.8, 4) is 0 Å². The number of halogens is 3. The number of aromatic nitrogens is 2.